The molecule has 0 spiro atoms. The molecule has 0 bridgehead atoms. The van der Waals surface area contributed by atoms with Gasteiger partial charge in [-0.1, -0.05) is 18.2 Å². The maximum Gasteiger partial charge on any atom is 0.247 e. The molecule has 0 aliphatic carbocycles. The number of nitrogens with one attached hydrogen (secondary N) is 1. The average Bonchev–Trinajstić information content (AvgIpc) is 2.18. The molecule has 0 fully saturated rings. The van der Waals surface area contributed by atoms with E-state index < -0.39 is 0 Å². The number of carbonyl (C=O) groups is 1. The molecule has 0 saturated carbocycles. The van der Waals surface area contributed by atoms with E-state index in [0.717, 1.165) is 0 Å². The van der Waals surface area contributed by atoms with E-state index in [2.05, 4.69) is 11.9 Å². The topological polar surface area (TPSA) is 38.3 Å². The quantitative estimate of drug-likeness (QED) is 0.780. The molecule has 1 aromatic carbocycles. The number of rotatable bonds is 3. The lowest BCUT2D eigenvalue weighted by Crippen LogP contribution is -2.06. The number of hydrogen-bond acceptors (Lipinski definition) is 2. The van der Waals surface area contributed by atoms with Gasteiger partial charge in [0.1, 0.15) is 5.75 Å². The standard InChI is InChI=1S/C10H10ClNO2/c1-3-10(13)12-7-4-5-9(14-2)8(11)6-7/h3-6H,1H2,2H3,(H,12,13). The summed E-state index contributed by atoms with van der Waals surface area (Å²) in [6.45, 7) is 3.34. The summed E-state index contributed by atoms with van der Waals surface area (Å²) in [4.78, 5) is 10.9. The van der Waals surface area contributed by atoms with Crippen molar-refractivity contribution in [3.63, 3.8) is 0 Å². The third-order valence-electron chi connectivity index (χ3n) is 1.60. The molecule has 14 heavy (non-hydrogen) atoms. The number of ether oxygens (including phenoxy) is 1. The first-order valence-electron chi connectivity index (χ1n) is 3.94. The molecule has 0 aliphatic heterocycles. The molecule has 0 atom stereocenters. The zero-order valence-corrected chi connectivity index (χ0v) is 8.47. The number of amides is 1. The number of methoxy groups -OCH3 is 1. The summed E-state index contributed by atoms with van der Waals surface area (Å²) >= 11 is 5.85. The van der Waals surface area contributed by atoms with Gasteiger partial charge in [-0.2, -0.15) is 0 Å². The van der Waals surface area contributed by atoms with Crippen molar-refractivity contribution in [3.05, 3.63) is 35.9 Å². The van der Waals surface area contributed by atoms with Gasteiger partial charge < -0.3 is 10.1 Å². The number of hydrogen-bond donors (Lipinski definition) is 1. The molecule has 0 aromatic heterocycles. The van der Waals surface area contributed by atoms with Crippen LogP contribution in [0.2, 0.25) is 5.02 Å². The third kappa shape index (κ3) is 2.50. The Balaban J connectivity index is 2.86. The summed E-state index contributed by atoms with van der Waals surface area (Å²) in [7, 11) is 1.53. The van der Waals surface area contributed by atoms with Crippen molar-refractivity contribution in [3.8, 4) is 5.75 Å². The maximum absolute atomic E-state index is 10.9. The van der Waals surface area contributed by atoms with Gasteiger partial charge in [0.05, 0.1) is 12.1 Å². The van der Waals surface area contributed by atoms with Crippen LogP contribution in [0.25, 0.3) is 0 Å². The van der Waals surface area contributed by atoms with Crippen molar-refractivity contribution in [2.75, 3.05) is 12.4 Å². The maximum atomic E-state index is 10.9. The summed E-state index contributed by atoms with van der Waals surface area (Å²) in [5, 5.41) is 3.04. The Morgan fingerprint density at radius 1 is 1.64 bits per heavy atom. The number of anilines is 1. The molecule has 0 aliphatic rings. The molecule has 1 aromatic rings. The van der Waals surface area contributed by atoms with E-state index in [9.17, 15) is 4.79 Å². The summed E-state index contributed by atoms with van der Waals surface area (Å²) in [6, 6.07) is 4.99. The first kappa shape index (κ1) is 10.6. The van der Waals surface area contributed by atoms with Gasteiger partial charge in [0.15, 0.2) is 0 Å². The molecule has 1 rings (SSSR count). The summed E-state index contributed by atoms with van der Waals surface area (Å²) < 4.78 is 4.97. The lowest BCUT2D eigenvalue weighted by Gasteiger charge is -2.05. The molecule has 1 N–H and O–H groups in total. The molecule has 0 radical (unpaired) electrons. The van der Waals surface area contributed by atoms with Gasteiger partial charge in [0.25, 0.3) is 0 Å². The van der Waals surface area contributed by atoms with Gasteiger partial charge in [-0.05, 0) is 24.3 Å². The lowest BCUT2D eigenvalue weighted by atomic mass is 10.3. The van der Waals surface area contributed by atoms with Crippen molar-refractivity contribution in [1.82, 2.24) is 0 Å². The lowest BCUT2D eigenvalue weighted by molar-refractivity contribution is -0.111. The molecule has 74 valence electrons. The highest BCUT2D eigenvalue weighted by atomic mass is 35.5. The van der Waals surface area contributed by atoms with Crippen LogP contribution in [0.15, 0.2) is 30.9 Å². The van der Waals surface area contributed by atoms with Crippen molar-refractivity contribution < 1.29 is 9.53 Å². The zero-order chi connectivity index (χ0) is 10.6. The Morgan fingerprint density at radius 3 is 2.86 bits per heavy atom. The Hall–Kier alpha value is -1.48. The predicted molar refractivity (Wildman–Crippen MR) is 56.8 cm³/mol. The second-order valence-electron chi connectivity index (χ2n) is 2.54. The first-order valence-corrected chi connectivity index (χ1v) is 4.32. The van der Waals surface area contributed by atoms with Crippen molar-refractivity contribution in [2.45, 2.75) is 0 Å². The molecule has 1 amide bonds. The fourth-order valence-corrected chi connectivity index (χ4v) is 1.20. The molecule has 0 heterocycles. The van der Waals surface area contributed by atoms with E-state index in [1.54, 1.807) is 18.2 Å². The van der Waals surface area contributed by atoms with Gasteiger partial charge in [-0.25, -0.2) is 0 Å². The van der Waals surface area contributed by atoms with Crippen LogP contribution < -0.4 is 10.1 Å². The minimum Gasteiger partial charge on any atom is -0.495 e. The second kappa shape index (κ2) is 4.67. The van der Waals surface area contributed by atoms with E-state index in [0.29, 0.717) is 16.5 Å². The predicted octanol–water partition coefficient (Wildman–Crippen LogP) is 2.47. The highest BCUT2D eigenvalue weighted by molar-refractivity contribution is 6.32. The highest BCUT2D eigenvalue weighted by Gasteiger charge is 2.02. The van der Waals surface area contributed by atoms with Crippen LogP contribution in [0, 0.1) is 0 Å². The highest BCUT2D eigenvalue weighted by Crippen LogP contribution is 2.26. The Morgan fingerprint density at radius 2 is 2.36 bits per heavy atom. The van der Waals surface area contributed by atoms with Crippen LogP contribution in [-0.2, 0) is 4.79 Å². The van der Waals surface area contributed by atoms with Crippen LogP contribution in [0.4, 0.5) is 5.69 Å². The Labute approximate surface area is 87.3 Å². The largest absolute Gasteiger partial charge is 0.495 e. The van der Waals surface area contributed by atoms with Crippen LogP contribution >= 0.6 is 11.6 Å². The van der Waals surface area contributed by atoms with Gasteiger partial charge in [0, 0.05) is 5.69 Å². The van der Waals surface area contributed by atoms with E-state index in [1.807, 2.05) is 0 Å². The van der Waals surface area contributed by atoms with Crippen LogP contribution in [0.1, 0.15) is 0 Å². The molecular formula is C10H10ClNO2. The van der Waals surface area contributed by atoms with Gasteiger partial charge in [0.2, 0.25) is 5.91 Å². The Kier molecular flexibility index (Phi) is 3.54. The van der Waals surface area contributed by atoms with Crippen molar-refractivity contribution in [1.29, 1.82) is 0 Å². The average molecular weight is 212 g/mol. The summed E-state index contributed by atoms with van der Waals surface area (Å²) in [5.41, 5.74) is 0.612. The van der Waals surface area contributed by atoms with Gasteiger partial charge >= 0.3 is 0 Å². The first-order chi connectivity index (χ1) is 6.67. The molecular weight excluding hydrogens is 202 g/mol. The normalized spacial score (nSPS) is 9.29. The molecule has 0 saturated heterocycles. The fourth-order valence-electron chi connectivity index (χ4n) is 0.937. The van der Waals surface area contributed by atoms with E-state index in [1.165, 1.54) is 13.2 Å². The smallest absolute Gasteiger partial charge is 0.247 e. The number of halogens is 1. The summed E-state index contributed by atoms with van der Waals surface area (Å²) in [5.74, 6) is 0.300. The van der Waals surface area contributed by atoms with Crippen LogP contribution in [0.3, 0.4) is 0 Å². The monoisotopic (exact) mass is 211 g/mol. The van der Waals surface area contributed by atoms with Crippen LogP contribution in [0.5, 0.6) is 5.75 Å². The van der Waals surface area contributed by atoms with E-state index >= 15 is 0 Å². The third-order valence-corrected chi connectivity index (χ3v) is 1.90. The molecule has 3 nitrogen and oxygen atoms in total. The Bertz CT molecular complexity index is 363. The number of benzene rings is 1. The zero-order valence-electron chi connectivity index (χ0n) is 7.71. The SMILES string of the molecule is C=CC(=O)Nc1ccc(OC)c(Cl)c1. The molecule has 0 unspecified atom stereocenters. The molecule has 4 heteroatoms. The van der Waals surface area contributed by atoms with E-state index in [-0.39, 0.29) is 5.91 Å². The fraction of sp³-hybridized carbons (Fsp3) is 0.100. The second-order valence-corrected chi connectivity index (χ2v) is 2.95. The minimum atomic E-state index is -0.272. The van der Waals surface area contributed by atoms with E-state index in [4.69, 9.17) is 16.3 Å². The number of carbonyl (C=O) groups excluding carboxylic acids is 1. The van der Waals surface area contributed by atoms with Gasteiger partial charge in [-0.15, -0.1) is 0 Å². The van der Waals surface area contributed by atoms with Gasteiger partial charge in [-0.3, -0.25) is 4.79 Å². The van der Waals surface area contributed by atoms with Crippen molar-refractivity contribution >= 4 is 23.2 Å². The summed E-state index contributed by atoms with van der Waals surface area (Å²) in [6.07, 6.45) is 1.19. The van der Waals surface area contributed by atoms with Crippen molar-refractivity contribution in [2.24, 2.45) is 0 Å². The van der Waals surface area contributed by atoms with Crippen LogP contribution in [-0.4, -0.2) is 13.0 Å². The minimum absolute atomic E-state index is 0.272.